The van der Waals surface area contributed by atoms with Crippen LogP contribution in [0.2, 0.25) is 5.02 Å². The zero-order valence-corrected chi connectivity index (χ0v) is 14.6. The van der Waals surface area contributed by atoms with Crippen molar-refractivity contribution in [2.45, 2.75) is 57.5 Å². The van der Waals surface area contributed by atoms with Crippen LogP contribution in [-0.4, -0.2) is 35.9 Å². The maximum atomic E-state index is 12.1. The minimum atomic E-state index is -1.23. The molecule has 0 aromatic heterocycles. The highest BCUT2D eigenvalue weighted by atomic mass is 35.5. The normalized spacial score (nSPS) is 27.1. The summed E-state index contributed by atoms with van der Waals surface area (Å²) in [4.78, 5) is 12.1. The summed E-state index contributed by atoms with van der Waals surface area (Å²) in [5.41, 5.74) is -0.637. The lowest BCUT2D eigenvalue weighted by Gasteiger charge is -2.33. The van der Waals surface area contributed by atoms with E-state index in [1.54, 1.807) is 31.2 Å². The Balaban J connectivity index is 1.87. The molecule has 3 atom stereocenters. The molecule has 5 nitrogen and oxygen atoms in total. The first-order valence-electron chi connectivity index (χ1n) is 7.95. The molecule has 0 bridgehead atoms. The minimum absolute atomic E-state index is 0.0803. The molecule has 1 aliphatic rings. The summed E-state index contributed by atoms with van der Waals surface area (Å²) in [6.45, 7) is 5.72. The van der Waals surface area contributed by atoms with Gasteiger partial charge >= 0.3 is 6.03 Å². The lowest BCUT2D eigenvalue weighted by Crippen LogP contribution is -2.50. The van der Waals surface area contributed by atoms with Gasteiger partial charge in [-0.15, -0.1) is 0 Å². The van der Waals surface area contributed by atoms with Crippen LogP contribution in [0.3, 0.4) is 0 Å². The van der Waals surface area contributed by atoms with Gasteiger partial charge in [0, 0.05) is 16.6 Å². The van der Waals surface area contributed by atoms with E-state index in [9.17, 15) is 9.90 Å². The molecule has 1 aliphatic heterocycles. The number of hydrogen-bond acceptors (Lipinski definition) is 3. The third kappa shape index (κ3) is 5.09. The highest BCUT2D eigenvalue weighted by Gasteiger charge is 2.28. The molecule has 2 amide bonds. The Hall–Kier alpha value is -1.30. The molecular weight excluding hydrogens is 316 g/mol. The summed E-state index contributed by atoms with van der Waals surface area (Å²) in [5.74, 6) is 0. The molecular formula is C17H25ClN2O3. The highest BCUT2D eigenvalue weighted by molar-refractivity contribution is 6.31. The molecule has 1 aromatic carbocycles. The van der Waals surface area contributed by atoms with Crippen LogP contribution in [0.15, 0.2) is 24.3 Å². The van der Waals surface area contributed by atoms with E-state index in [-0.39, 0.29) is 30.8 Å². The summed E-state index contributed by atoms with van der Waals surface area (Å²) in [7, 11) is 0. The maximum Gasteiger partial charge on any atom is 0.315 e. The largest absolute Gasteiger partial charge is 0.384 e. The second-order valence-electron chi connectivity index (χ2n) is 6.51. The summed E-state index contributed by atoms with van der Waals surface area (Å²) >= 11 is 6.11. The number of urea groups is 1. The number of rotatable bonds is 4. The molecule has 1 fully saturated rings. The second kappa shape index (κ2) is 7.51. The van der Waals surface area contributed by atoms with Gasteiger partial charge in [0.2, 0.25) is 0 Å². The van der Waals surface area contributed by atoms with Crippen LogP contribution in [0, 0.1) is 0 Å². The molecule has 0 saturated carbocycles. The van der Waals surface area contributed by atoms with Crippen LogP contribution in [0.5, 0.6) is 0 Å². The fraction of sp³-hybridized carbons (Fsp3) is 0.588. The van der Waals surface area contributed by atoms with E-state index in [1.807, 2.05) is 13.8 Å². The third-order valence-corrected chi connectivity index (χ3v) is 4.41. The highest BCUT2D eigenvalue weighted by Crippen LogP contribution is 2.27. The molecule has 0 unspecified atom stereocenters. The molecule has 1 aromatic rings. The fourth-order valence-corrected chi connectivity index (χ4v) is 3.34. The molecule has 0 radical (unpaired) electrons. The van der Waals surface area contributed by atoms with Gasteiger partial charge in [0.25, 0.3) is 0 Å². The molecule has 1 saturated heterocycles. The Morgan fingerprint density at radius 1 is 1.35 bits per heavy atom. The van der Waals surface area contributed by atoms with Gasteiger partial charge in [0.05, 0.1) is 18.8 Å². The van der Waals surface area contributed by atoms with E-state index >= 15 is 0 Å². The van der Waals surface area contributed by atoms with Gasteiger partial charge in [-0.2, -0.15) is 0 Å². The van der Waals surface area contributed by atoms with Crippen molar-refractivity contribution < 1.29 is 14.6 Å². The van der Waals surface area contributed by atoms with Crippen LogP contribution in [0.4, 0.5) is 4.79 Å². The number of carbonyl (C=O) groups is 1. The molecule has 23 heavy (non-hydrogen) atoms. The first-order valence-corrected chi connectivity index (χ1v) is 8.33. The van der Waals surface area contributed by atoms with Crippen LogP contribution in [0.25, 0.3) is 0 Å². The predicted octanol–water partition coefficient (Wildman–Crippen LogP) is 2.80. The minimum Gasteiger partial charge on any atom is -0.384 e. The number of amides is 2. The van der Waals surface area contributed by atoms with Crippen molar-refractivity contribution in [1.29, 1.82) is 0 Å². The van der Waals surface area contributed by atoms with Gasteiger partial charge in [-0.25, -0.2) is 4.79 Å². The Labute approximate surface area is 142 Å². The second-order valence-corrected chi connectivity index (χ2v) is 6.91. The average Bonchev–Trinajstić information content (AvgIpc) is 2.44. The first kappa shape index (κ1) is 18.0. The number of benzene rings is 1. The molecule has 0 aliphatic carbocycles. The van der Waals surface area contributed by atoms with Crippen molar-refractivity contribution >= 4 is 17.6 Å². The van der Waals surface area contributed by atoms with Gasteiger partial charge in [0.15, 0.2) is 0 Å². The summed E-state index contributed by atoms with van der Waals surface area (Å²) < 4.78 is 5.66. The van der Waals surface area contributed by atoms with E-state index in [1.165, 1.54) is 0 Å². The molecule has 128 valence electrons. The lowest BCUT2D eigenvalue weighted by molar-refractivity contribution is -0.0403. The molecule has 6 heteroatoms. The summed E-state index contributed by atoms with van der Waals surface area (Å²) in [6.07, 6.45) is 1.85. The van der Waals surface area contributed by atoms with Crippen molar-refractivity contribution in [1.82, 2.24) is 10.6 Å². The van der Waals surface area contributed by atoms with E-state index in [0.29, 0.717) is 10.6 Å². The maximum absolute atomic E-state index is 12.1. The standard InChI is InChI=1S/C17H25ClN2O3/c1-11-8-13(9-12(2)23-11)20-16(21)19-10-17(3,22)14-6-4-5-7-15(14)18/h4-7,11-13,22H,8-10H2,1-3H3,(H2,19,20,21)/t11-,12-,17-/m1/s1. The van der Waals surface area contributed by atoms with E-state index in [4.69, 9.17) is 16.3 Å². The topological polar surface area (TPSA) is 70.6 Å². The molecule has 0 spiro atoms. The molecule has 2 rings (SSSR count). The zero-order valence-electron chi connectivity index (χ0n) is 13.8. The summed E-state index contributed by atoms with van der Waals surface area (Å²) in [5, 5.41) is 16.7. The van der Waals surface area contributed by atoms with Crippen LogP contribution in [0.1, 0.15) is 39.2 Å². The predicted molar refractivity (Wildman–Crippen MR) is 90.6 cm³/mol. The monoisotopic (exact) mass is 340 g/mol. The van der Waals surface area contributed by atoms with Crippen molar-refractivity contribution in [2.75, 3.05) is 6.54 Å². The number of ether oxygens (including phenoxy) is 1. The van der Waals surface area contributed by atoms with E-state index < -0.39 is 5.60 Å². The Morgan fingerprint density at radius 2 is 1.96 bits per heavy atom. The molecule has 3 N–H and O–H groups in total. The van der Waals surface area contributed by atoms with Gasteiger partial charge in [-0.3, -0.25) is 0 Å². The first-order chi connectivity index (χ1) is 10.8. The number of aliphatic hydroxyl groups is 1. The Kier molecular flexibility index (Phi) is 5.89. The lowest BCUT2D eigenvalue weighted by atomic mass is 9.96. The Morgan fingerprint density at radius 3 is 2.57 bits per heavy atom. The third-order valence-electron chi connectivity index (χ3n) is 4.08. The van der Waals surface area contributed by atoms with Crippen molar-refractivity contribution in [3.8, 4) is 0 Å². The molecule has 1 heterocycles. The number of hydrogen-bond donors (Lipinski definition) is 3. The summed E-state index contributed by atoms with van der Waals surface area (Å²) in [6, 6.07) is 6.87. The van der Waals surface area contributed by atoms with Crippen molar-refractivity contribution in [3.63, 3.8) is 0 Å². The number of nitrogens with one attached hydrogen (secondary N) is 2. The van der Waals surface area contributed by atoms with E-state index in [0.717, 1.165) is 12.8 Å². The van der Waals surface area contributed by atoms with E-state index in [2.05, 4.69) is 10.6 Å². The van der Waals surface area contributed by atoms with Crippen LogP contribution in [-0.2, 0) is 10.3 Å². The fourth-order valence-electron chi connectivity index (χ4n) is 3.01. The zero-order chi connectivity index (χ0) is 17.0. The smallest absolute Gasteiger partial charge is 0.315 e. The van der Waals surface area contributed by atoms with Gasteiger partial charge in [-0.1, -0.05) is 29.8 Å². The van der Waals surface area contributed by atoms with Gasteiger partial charge in [-0.05, 0) is 39.7 Å². The van der Waals surface area contributed by atoms with Crippen LogP contribution >= 0.6 is 11.6 Å². The SMILES string of the molecule is C[C@@H]1CC(NC(=O)NC[C@@](C)(O)c2ccccc2Cl)C[C@@H](C)O1. The Bertz CT molecular complexity index is 540. The number of halogens is 1. The number of carbonyl (C=O) groups excluding carboxylic acids is 1. The van der Waals surface area contributed by atoms with Crippen molar-refractivity contribution in [2.24, 2.45) is 0 Å². The van der Waals surface area contributed by atoms with Crippen LogP contribution < -0.4 is 10.6 Å². The van der Waals surface area contributed by atoms with Crippen molar-refractivity contribution in [3.05, 3.63) is 34.9 Å². The van der Waals surface area contributed by atoms with Gasteiger partial charge in [0.1, 0.15) is 5.60 Å². The average molecular weight is 341 g/mol. The quantitative estimate of drug-likeness (QED) is 0.789. The van der Waals surface area contributed by atoms with Gasteiger partial charge < -0.3 is 20.5 Å².